The summed E-state index contributed by atoms with van der Waals surface area (Å²) in [5.74, 6) is 1.94. The van der Waals surface area contributed by atoms with Gasteiger partial charge in [-0.25, -0.2) is 4.79 Å². The van der Waals surface area contributed by atoms with Crippen molar-refractivity contribution in [1.29, 1.82) is 0 Å². The molecule has 0 spiro atoms. The number of amides is 2. The van der Waals surface area contributed by atoms with E-state index in [4.69, 9.17) is 23.7 Å². The second-order valence-corrected chi connectivity index (χ2v) is 8.49. The molecule has 1 aromatic heterocycles. The molecule has 0 bridgehead atoms. The van der Waals surface area contributed by atoms with Crippen LogP contribution in [0.1, 0.15) is 43.3 Å². The third-order valence-electron chi connectivity index (χ3n) is 6.18. The van der Waals surface area contributed by atoms with Gasteiger partial charge in [-0.3, -0.25) is 4.90 Å². The average Bonchev–Trinajstić information content (AvgIpc) is 3.37. The second-order valence-electron chi connectivity index (χ2n) is 8.49. The van der Waals surface area contributed by atoms with Gasteiger partial charge in [-0.15, -0.1) is 0 Å². The van der Waals surface area contributed by atoms with E-state index in [0.717, 1.165) is 28.0 Å². The third-order valence-corrected chi connectivity index (χ3v) is 6.18. The molecule has 0 saturated heterocycles. The monoisotopic (exact) mass is 492 g/mol. The molecule has 0 saturated carbocycles. The Morgan fingerprint density at radius 1 is 1.06 bits per heavy atom. The van der Waals surface area contributed by atoms with Crippen LogP contribution in [-0.2, 0) is 4.74 Å². The lowest BCUT2D eigenvalue weighted by molar-refractivity contribution is 0.136. The van der Waals surface area contributed by atoms with E-state index in [2.05, 4.69) is 10.5 Å². The van der Waals surface area contributed by atoms with E-state index >= 15 is 0 Å². The number of hydrogen-bond donors (Lipinski definition) is 1. The van der Waals surface area contributed by atoms with Gasteiger partial charge in [0.15, 0.2) is 11.5 Å². The number of carbonyl (C=O) groups is 1. The highest BCUT2D eigenvalue weighted by Gasteiger charge is 2.35. The Kier molecular flexibility index (Phi) is 7.90. The van der Waals surface area contributed by atoms with Crippen LogP contribution in [0.3, 0.4) is 0 Å². The average molecular weight is 493 g/mol. The van der Waals surface area contributed by atoms with E-state index in [9.17, 15) is 4.79 Å². The highest BCUT2D eigenvalue weighted by molar-refractivity contribution is 5.86. The molecule has 36 heavy (non-hydrogen) atoms. The summed E-state index contributed by atoms with van der Waals surface area (Å²) >= 11 is 0. The van der Waals surface area contributed by atoms with Crippen molar-refractivity contribution < 1.29 is 23.5 Å². The van der Waals surface area contributed by atoms with Crippen molar-refractivity contribution in [3.63, 3.8) is 0 Å². The van der Waals surface area contributed by atoms with Crippen LogP contribution in [-0.4, -0.2) is 55.0 Å². The Hall–Kier alpha value is -3.85. The molecule has 1 atom stereocenters. The van der Waals surface area contributed by atoms with E-state index in [1.54, 1.807) is 31.3 Å². The lowest BCUT2D eigenvalue weighted by Crippen LogP contribution is -2.46. The molecule has 0 aliphatic carbocycles. The van der Waals surface area contributed by atoms with Crippen LogP contribution in [0.15, 0.2) is 52.7 Å². The molecule has 2 aromatic carbocycles. The zero-order valence-corrected chi connectivity index (χ0v) is 21.3. The zero-order valence-electron chi connectivity index (χ0n) is 21.3. The number of carbonyl (C=O) groups excluding carboxylic acids is 1. The largest absolute Gasteiger partial charge is 0.493 e. The number of hydrogen-bond acceptors (Lipinski definition) is 7. The summed E-state index contributed by atoms with van der Waals surface area (Å²) in [6.07, 6.45) is 0.710. The fourth-order valence-electron chi connectivity index (χ4n) is 4.23. The van der Waals surface area contributed by atoms with Crippen LogP contribution in [0.2, 0.25) is 0 Å². The molecular weight excluding hydrogens is 460 g/mol. The second kappa shape index (κ2) is 11.3. The lowest BCUT2D eigenvalue weighted by Gasteiger charge is -2.35. The number of methoxy groups -OCH3 is 2. The topological polar surface area (TPSA) is 99.0 Å². The minimum absolute atomic E-state index is 0.169. The van der Waals surface area contributed by atoms with E-state index in [0.29, 0.717) is 49.4 Å². The number of urea groups is 1. The molecule has 2 amide bonds. The summed E-state index contributed by atoms with van der Waals surface area (Å²) in [6.45, 7) is 7.62. The van der Waals surface area contributed by atoms with Crippen LogP contribution in [0.25, 0.3) is 17.0 Å². The minimum Gasteiger partial charge on any atom is -0.493 e. The molecule has 9 nitrogen and oxygen atoms in total. The van der Waals surface area contributed by atoms with E-state index in [1.807, 2.05) is 51.1 Å². The van der Waals surface area contributed by atoms with E-state index in [1.165, 1.54) is 0 Å². The van der Waals surface area contributed by atoms with Crippen molar-refractivity contribution >= 4 is 11.6 Å². The van der Waals surface area contributed by atoms with Gasteiger partial charge in [0, 0.05) is 31.0 Å². The summed E-state index contributed by atoms with van der Waals surface area (Å²) < 4.78 is 22.0. The molecule has 0 fully saturated rings. The Labute approximate surface area is 211 Å². The van der Waals surface area contributed by atoms with Crippen molar-refractivity contribution in [3.8, 4) is 22.9 Å². The highest BCUT2D eigenvalue weighted by atomic mass is 16.5. The predicted octanol–water partition coefficient (Wildman–Crippen LogP) is 4.99. The molecule has 1 aliphatic heterocycles. The number of benzene rings is 2. The van der Waals surface area contributed by atoms with Gasteiger partial charge in [0.1, 0.15) is 0 Å². The van der Waals surface area contributed by atoms with Gasteiger partial charge < -0.3 is 24.1 Å². The summed E-state index contributed by atoms with van der Waals surface area (Å²) in [7, 11) is 3.16. The molecule has 190 valence electrons. The maximum atomic E-state index is 13.1. The molecule has 3 aromatic rings. The smallest absolute Gasteiger partial charge is 0.322 e. The van der Waals surface area contributed by atoms with Crippen molar-refractivity contribution in [1.82, 2.24) is 20.4 Å². The number of nitrogens with one attached hydrogen (secondary N) is 1. The summed E-state index contributed by atoms with van der Waals surface area (Å²) in [5.41, 5.74) is 4.32. The number of nitrogens with zero attached hydrogens (tertiary/aromatic N) is 3. The van der Waals surface area contributed by atoms with Crippen molar-refractivity contribution in [3.05, 3.63) is 65.2 Å². The first kappa shape index (κ1) is 25.2. The van der Waals surface area contributed by atoms with Crippen LogP contribution in [0, 0.1) is 6.92 Å². The van der Waals surface area contributed by atoms with Crippen molar-refractivity contribution in [2.75, 3.05) is 34.0 Å². The SMILES string of the molecule is CCOCCCN1C(=O)NC(c2ccc(C)cc2)C(c2nc(-c3ccc(OC)c(OC)c3)no2)=C1C. The summed E-state index contributed by atoms with van der Waals surface area (Å²) in [5, 5.41) is 7.36. The van der Waals surface area contributed by atoms with Gasteiger partial charge in [0.25, 0.3) is 5.89 Å². The standard InChI is InChI=1S/C27H32N4O5/c1-6-35-15-7-14-31-18(3)23(24(28-27(31)32)19-10-8-17(2)9-11-19)26-29-25(30-36-26)20-12-13-21(33-4)22(16-20)34-5/h8-13,16,24H,6-7,14-15H2,1-5H3,(H,28,32). The zero-order chi connectivity index (χ0) is 25.7. The first-order valence-corrected chi connectivity index (χ1v) is 12.0. The Balaban J connectivity index is 1.74. The number of aromatic nitrogens is 2. The predicted molar refractivity (Wildman–Crippen MR) is 136 cm³/mol. The Morgan fingerprint density at radius 2 is 1.81 bits per heavy atom. The number of aryl methyl sites for hydroxylation is 1. The third kappa shape index (κ3) is 5.21. The van der Waals surface area contributed by atoms with Gasteiger partial charge in [0.05, 0.1) is 25.8 Å². The lowest BCUT2D eigenvalue weighted by atomic mass is 9.94. The summed E-state index contributed by atoms with van der Waals surface area (Å²) in [6, 6.07) is 12.9. The normalized spacial score (nSPS) is 15.8. The first-order chi connectivity index (χ1) is 17.5. The molecule has 1 unspecified atom stereocenters. The van der Waals surface area contributed by atoms with Crippen LogP contribution in [0.4, 0.5) is 4.79 Å². The Morgan fingerprint density at radius 3 is 2.50 bits per heavy atom. The molecule has 4 rings (SSSR count). The fourth-order valence-corrected chi connectivity index (χ4v) is 4.23. The molecule has 2 heterocycles. The summed E-state index contributed by atoms with van der Waals surface area (Å²) in [4.78, 5) is 19.5. The van der Waals surface area contributed by atoms with E-state index in [-0.39, 0.29) is 6.03 Å². The maximum absolute atomic E-state index is 13.1. The van der Waals surface area contributed by atoms with Crippen LogP contribution >= 0.6 is 0 Å². The molecule has 1 aliphatic rings. The van der Waals surface area contributed by atoms with Gasteiger partial charge in [0.2, 0.25) is 5.82 Å². The molecular formula is C27H32N4O5. The molecule has 9 heteroatoms. The van der Waals surface area contributed by atoms with Gasteiger partial charge in [-0.2, -0.15) is 4.98 Å². The van der Waals surface area contributed by atoms with E-state index < -0.39 is 6.04 Å². The van der Waals surface area contributed by atoms with Crippen molar-refractivity contribution in [2.45, 2.75) is 33.2 Å². The fraction of sp³-hybridized carbons (Fsp3) is 0.370. The minimum atomic E-state index is -0.431. The van der Waals surface area contributed by atoms with Crippen LogP contribution in [0.5, 0.6) is 11.5 Å². The number of allylic oxidation sites excluding steroid dienone is 1. The first-order valence-electron chi connectivity index (χ1n) is 12.0. The Bertz CT molecular complexity index is 1240. The van der Waals surface area contributed by atoms with Crippen LogP contribution < -0.4 is 14.8 Å². The molecule has 1 N–H and O–H groups in total. The number of ether oxygens (including phenoxy) is 3. The quantitative estimate of drug-likeness (QED) is 0.398. The van der Waals surface area contributed by atoms with Gasteiger partial charge >= 0.3 is 6.03 Å². The number of rotatable bonds is 10. The van der Waals surface area contributed by atoms with Gasteiger partial charge in [-0.1, -0.05) is 35.0 Å². The molecule has 0 radical (unpaired) electrons. The maximum Gasteiger partial charge on any atom is 0.322 e. The van der Waals surface area contributed by atoms with Gasteiger partial charge in [-0.05, 0) is 51.0 Å². The van der Waals surface area contributed by atoms with Crippen molar-refractivity contribution in [2.24, 2.45) is 0 Å². The highest BCUT2D eigenvalue weighted by Crippen LogP contribution is 2.38.